The molecule has 1 aromatic heterocycles. The van der Waals surface area contributed by atoms with Gasteiger partial charge in [-0.3, -0.25) is 0 Å². The van der Waals surface area contributed by atoms with Crippen molar-refractivity contribution in [3.05, 3.63) is 5.82 Å². The van der Waals surface area contributed by atoms with Gasteiger partial charge in [-0.1, -0.05) is 0 Å². The second kappa shape index (κ2) is 2.58. The van der Waals surface area contributed by atoms with Crippen LogP contribution < -0.4 is 5.32 Å². The number of hydrogen-bond acceptors (Lipinski definition) is 4. The first-order valence-corrected chi connectivity index (χ1v) is 3.81. The molecule has 60 valence electrons. The largest absolute Gasteiger partial charge is 0.316 e. The minimum atomic E-state index is 0.476. The Balaban J connectivity index is 2.15. The van der Waals surface area contributed by atoms with Crippen molar-refractivity contribution in [3.8, 4) is 0 Å². The molecule has 1 aromatic rings. The second-order valence-electron chi connectivity index (χ2n) is 2.83. The van der Waals surface area contributed by atoms with Crippen molar-refractivity contribution in [3.63, 3.8) is 0 Å². The van der Waals surface area contributed by atoms with Gasteiger partial charge < -0.3 is 5.32 Å². The normalized spacial score (nSPS) is 24.3. The molecular weight excluding hydrogens is 142 g/mol. The molecule has 0 amide bonds. The first kappa shape index (κ1) is 6.72. The molecule has 0 aromatic carbocycles. The highest BCUT2D eigenvalue weighted by molar-refractivity contribution is 4.95. The van der Waals surface area contributed by atoms with Crippen LogP contribution in [0.25, 0.3) is 0 Å². The fraction of sp³-hybridized carbons (Fsp3) is 0.833. The summed E-state index contributed by atoms with van der Waals surface area (Å²) < 4.78 is 0. The van der Waals surface area contributed by atoms with E-state index in [9.17, 15) is 0 Å². The van der Waals surface area contributed by atoms with Gasteiger partial charge in [-0.25, -0.2) is 0 Å². The number of aryl methyl sites for hydroxylation is 1. The number of hydrogen-bond donors (Lipinski definition) is 1. The Morgan fingerprint density at radius 3 is 3.09 bits per heavy atom. The molecule has 11 heavy (non-hydrogen) atoms. The molecule has 1 aliphatic heterocycles. The highest BCUT2D eigenvalue weighted by Crippen LogP contribution is 2.16. The molecule has 1 fully saturated rings. The smallest absolute Gasteiger partial charge is 0.179 e. The maximum Gasteiger partial charge on any atom is 0.179 e. The molecule has 2 heterocycles. The Kier molecular flexibility index (Phi) is 1.58. The van der Waals surface area contributed by atoms with Crippen molar-refractivity contribution in [2.24, 2.45) is 7.05 Å². The molecule has 0 spiro atoms. The summed E-state index contributed by atoms with van der Waals surface area (Å²) in [6, 6.07) is 0. The molecule has 0 saturated carbocycles. The van der Waals surface area contributed by atoms with Crippen LogP contribution in [0.1, 0.15) is 18.2 Å². The molecule has 1 N–H and O–H groups in total. The van der Waals surface area contributed by atoms with Gasteiger partial charge in [0.05, 0.1) is 7.05 Å². The van der Waals surface area contributed by atoms with Crippen LogP contribution >= 0.6 is 0 Å². The molecule has 2 rings (SSSR count). The topological polar surface area (TPSA) is 55.6 Å². The first-order chi connectivity index (χ1) is 5.36. The predicted molar refractivity (Wildman–Crippen MR) is 39.0 cm³/mol. The van der Waals surface area contributed by atoms with Crippen LogP contribution in [0.3, 0.4) is 0 Å². The lowest BCUT2D eigenvalue weighted by Crippen LogP contribution is -2.09. The van der Waals surface area contributed by atoms with Crippen LogP contribution in [-0.4, -0.2) is 33.3 Å². The Bertz CT molecular complexity index is 237. The fourth-order valence-corrected chi connectivity index (χ4v) is 1.34. The zero-order valence-electron chi connectivity index (χ0n) is 6.49. The van der Waals surface area contributed by atoms with Crippen molar-refractivity contribution in [1.82, 2.24) is 25.5 Å². The number of aromatic nitrogens is 4. The van der Waals surface area contributed by atoms with Gasteiger partial charge in [-0.15, -0.1) is 10.2 Å². The summed E-state index contributed by atoms with van der Waals surface area (Å²) in [7, 11) is 1.79. The van der Waals surface area contributed by atoms with Crippen molar-refractivity contribution in [2.45, 2.75) is 12.3 Å². The molecule has 1 aliphatic rings. The summed E-state index contributed by atoms with van der Waals surface area (Å²) in [6.45, 7) is 2.06. The maximum atomic E-state index is 4.15. The van der Waals surface area contributed by atoms with Crippen LogP contribution in [0.15, 0.2) is 0 Å². The van der Waals surface area contributed by atoms with E-state index in [0.29, 0.717) is 5.92 Å². The summed E-state index contributed by atoms with van der Waals surface area (Å²) in [5.74, 6) is 1.35. The van der Waals surface area contributed by atoms with Crippen molar-refractivity contribution in [2.75, 3.05) is 13.1 Å². The van der Waals surface area contributed by atoms with Crippen molar-refractivity contribution < 1.29 is 0 Å². The van der Waals surface area contributed by atoms with Crippen molar-refractivity contribution in [1.29, 1.82) is 0 Å². The zero-order chi connectivity index (χ0) is 7.68. The van der Waals surface area contributed by atoms with E-state index < -0.39 is 0 Å². The lowest BCUT2D eigenvalue weighted by Gasteiger charge is -1.98. The molecule has 5 nitrogen and oxygen atoms in total. The van der Waals surface area contributed by atoms with Gasteiger partial charge >= 0.3 is 0 Å². The summed E-state index contributed by atoms with van der Waals surface area (Å²) in [5.41, 5.74) is 0. The summed E-state index contributed by atoms with van der Waals surface area (Å²) in [5, 5.41) is 15.2. The van der Waals surface area contributed by atoms with Gasteiger partial charge in [-0.2, -0.15) is 4.80 Å². The summed E-state index contributed by atoms with van der Waals surface area (Å²) in [4.78, 5) is 1.51. The van der Waals surface area contributed by atoms with E-state index >= 15 is 0 Å². The molecule has 1 unspecified atom stereocenters. The average molecular weight is 153 g/mol. The van der Waals surface area contributed by atoms with Gasteiger partial charge in [0, 0.05) is 12.5 Å². The molecule has 0 radical (unpaired) electrons. The summed E-state index contributed by atoms with van der Waals surface area (Å²) in [6.07, 6.45) is 1.13. The number of tetrazole rings is 1. The van der Waals surface area contributed by atoms with E-state index in [-0.39, 0.29) is 0 Å². The minimum Gasteiger partial charge on any atom is -0.316 e. The third-order valence-corrected chi connectivity index (χ3v) is 1.95. The van der Waals surface area contributed by atoms with Gasteiger partial charge in [0.2, 0.25) is 0 Å². The van der Waals surface area contributed by atoms with Crippen LogP contribution in [0.4, 0.5) is 0 Å². The van der Waals surface area contributed by atoms with E-state index in [1.807, 2.05) is 0 Å². The Hall–Kier alpha value is -0.970. The SMILES string of the molecule is Cn1nnc(C2CCNC2)n1. The van der Waals surface area contributed by atoms with Crippen LogP contribution in [0.2, 0.25) is 0 Å². The zero-order valence-corrected chi connectivity index (χ0v) is 6.49. The summed E-state index contributed by atoms with van der Waals surface area (Å²) >= 11 is 0. The number of rotatable bonds is 1. The maximum absolute atomic E-state index is 4.15. The highest BCUT2D eigenvalue weighted by Gasteiger charge is 2.20. The van der Waals surface area contributed by atoms with E-state index in [4.69, 9.17) is 0 Å². The Morgan fingerprint density at radius 1 is 1.64 bits per heavy atom. The predicted octanol–water partition coefficient (Wildman–Crippen LogP) is -0.713. The van der Waals surface area contributed by atoms with E-state index in [2.05, 4.69) is 20.7 Å². The second-order valence-corrected chi connectivity index (χ2v) is 2.83. The fourth-order valence-electron chi connectivity index (χ4n) is 1.34. The van der Waals surface area contributed by atoms with Gasteiger partial charge in [0.15, 0.2) is 5.82 Å². The third-order valence-electron chi connectivity index (χ3n) is 1.95. The number of nitrogens with one attached hydrogen (secondary N) is 1. The lowest BCUT2D eigenvalue weighted by molar-refractivity contribution is 0.621. The van der Waals surface area contributed by atoms with E-state index in [0.717, 1.165) is 25.3 Å². The van der Waals surface area contributed by atoms with E-state index in [1.165, 1.54) is 4.80 Å². The molecule has 5 heteroatoms. The quantitative estimate of drug-likeness (QED) is 0.579. The monoisotopic (exact) mass is 153 g/mol. The first-order valence-electron chi connectivity index (χ1n) is 3.81. The third kappa shape index (κ3) is 1.23. The van der Waals surface area contributed by atoms with Crippen LogP contribution in [-0.2, 0) is 7.05 Å². The molecule has 0 bridgehead atoms. The standard InChI is InChI=1S/C6H11N5/c1-11-9-6(8-10-11)5-2-3-7-4-5/h5,7H,2-4H2,1H3. The Morgan fingerprint density at radius 2 is 2.55 bits per heavy atom. The van der Waals surface area contributed by atoms with Crippen molar-refractivity contribution >= 4 is 0 Å². The molecule has 1 atom stereocenters. The molecule has 1 saturated heterocycles. The van der Waals surface area contributed by atoms with E-state index in [1.54, 1.807) is 7.05 Å². The van der Waals surface area contributed by atoms with Gasteiger partial charge in [0.25, 0.3) is 0 Å². The van der Waals surface area contributed by atoms with Crippen LogP contribution in [0.5, 0.6) is 0 Å². The Labute approximate surface area is 64.8 Å². The lowest BCUT2D eigenvalue weighted by atomic mass is 10.1. The highest BCUT2D eigenvalue weighted by atomic mass is 15.6. The molecular formula is C6H11N5. The number of nitrogens with zero attached hydrogens (tertiary/aromatic N) is 4. The average Bonchev–Trinajstić information content (AvgIpc) is 2.55. The minimum absolute atomic E-state index is 0.476. The van der Waals surface area contributed by atoms with Crippen LogP contribution in [0, 0.1) is 0 Å². The molecule has 0 aliphatic carbocycles. The van der Waals surface area contributed by atoms with Gasteiger partial charge in [-0.05, 0) is 18.2 Å². The van der Waals surface area contributed by atoms with Gasteiger partial charge in [0.1, 0.15) is 0 Å².